The first-order valence-electron chi connectivity index (χ1n) is 10.7. The van der Waals surface area contributed by atoms with E-state index in [1.54, 1.807) is 0 Å². The van der Waals surface area contributed by atoms with Crippen LogP contribution in [0.1, 0.15) is 25.0 Å². The van der Waals surface area contributed by atoms with Gasteiger partial charge in [0.25, 0.3) is 0 Å². The summed E-state index contributed by atoms with van der Waals surface area (Å²) in [5, 5.41) is 3.53. The van der Waals surface area contributed by atoms with Gasteiger partial charge in [-0.3, -0.25) is 4.90 Å². The average molecular weight is 443 g/mol. The second kappa shape index (κ2) is 10.5. The molecule has 3 N–H and O–H groups in total. The lowest BCUT2D eigenvalue weighted by molar-refractivity contribution is 0.0671. The van der Waals surface area contributed by atoms with Crippen molar-refractivity contribution in [2.75, 3.05) is 36.5 Å². The van der Waals surface area contributed by atoms with E-state index in [9.17, 15) is 0 Å². The molecule has 0 aliphatic carbocycles. The number of benzene rings is 2. The quantitative estimate of drug-likeness (QED) is 0.741. The smallest absolute Gasteiger partial charge is 0.222 e. The third-order valence-electron chi connectivity index (χ3n) is 5.50. The molecule has 1 saturated heterocycles. The summed E-state index contributed by atoms with van der Waals surface area (Å²) in [6.45, 7) is 7.21. The van der Waals surface area contributed by atoms with Gasteiger partial charge in [-0.05, 0) is 48.2 Å². The SMILES string of the molecule is CCc1ccc(NC2N=C(N)N=C(N3CCOCC3)N2c2ccc(CC)cc2)cc1.Cl. The molecule has 31 heavy (non-hydrogen) atoms. The highest BCUT2D eigenvalue weighted by Gasteiger charge is 2.32. The Kier molecular flexibility index (Phi) is 7.76. The Morgan fingerprint density at radius 2 is 1.55 bits per heavy atom. The van der Waals surface area contributed by atoms with Crippen molar-refractivity contribution in [1.82, 2.24) is 4.90 Å². The number of nitrogens with one attached hydrogen (secondary N) is 1. The van der Waals surface area contributed by atoms with Crippen LogP contribution in [0.25, 0.3) is 0 Å². The number of aryl methyl sites for hydroxylation is 2. The van der Waals surface area contributed by atoms with Crippen LogP contribution < -0.4 is 16.0 Å². The zero-order valence-electron chi connectivity index (χ0n) is 18.1. The Morgan fingerprint density at radius 3 is 2.13 bits per heavy atom. The third-order valence-corrected chi connectivity index (χ3v) is 5.50. The number of halogens is 1. The number of aliphatic imine (C=N–C) groups is 2. The molecule has 0 aromatic heterocycles. The van der Waals surface area contributed by atoms with Gasteiger partial charge in [0.05, 0.1) is 13.2 Å². The van der Waals surface area contributed by atoms with Crippen molar-refractivity contribution in [3.63, 3.8) is 0 Å². The van der Waals surface area contributed by atoms with E-state index >= 15 is 0 Å². The lowest BCUT2D eigenvalue weighted by atomic mass is 10.1. The minimum atomic E-state index is -0.389. The van der Waals surface area contributed by atoms with Crippen molar-refractivity contribution >= 4 is 35.7 Å². The van der Waals surface area contributed by atoms with Gasteiger partial charge in [-0.1, -0.05) is 38.1 Å². The van der Waals surface area contributed by atoms with Crippen LogP contribution in [0, 0.1) is 0 Å². The normalized spacial score (nSPS) is 18.7. The average Bonchev–Trinajstić information content (AvgIpc) is 2.80. The Bertz CT molecular complexity index is 907. The first-order chi connectivity index (χ1) is 14.7. The number of nitrogens with two attached hydrogens (primary N) is 1. The van der Waals surface area contributed by atoms with E-state index in [4.69, 9.17) is 10.5 Å². The molecule has 0 amide bonds. The predicted octanol–water partition coefficient (Wildman–Crippen LogP) is 3.45. The second-order valence-electron chi connectivity index (χ2n) is 7.46. The largest absolute Gasteiger partial charge is 0.378 e. The second-order valence-corrected chi connectivity index (χ2v) is 7.46. The molecule has 166 valence electrons. The monoisotopic (exact) mass is 442 g/mol. The molecule has 0 bridgehead atoms. The fraction of sp³-hybridized carbons (Fsp3) is 0.391. The lowest BCUT2D eigenvalue weighted by Gasteiger charge is -2.41. The van der Waals surface area contributed by atoms with Gasteiger partial charge in [-0.25, -0.2) is 4.99 Å². The van der Waals surface area contributed by atoms with Crippen molar-refractivity contribution in [2.24, 2.45) is 15.7 Å². The first kappa shape index (κ1) is 22.9. The van der Waals surface area contributed by atoms with E-state index in [0.29, 0.717) is 13.2 Å². The fourth-order valence-corrected chi connectivity index (χ4v) is 3.70. The maximum absolute atomic E-state index is 6.15. The van der Waals surface area contributed by atoms with Gasteiger partial charge in [0, 0.05) is 24.5 Å². The number of rotatable bonds is 5. The van der Waals surface area contributed by atoms with Crippen LogP contribution in [0.15, 0.2) is 58.5 Å². The van der Waals surface area contributed by atoms with Gasteiger partial charge in [0.1, 0.15) is 0 Å². The van der Waals surface area contributed by atoms with Gasteiger partial charge in [-0.15, -0.1) is 12.4 Å². The van der Waals surface area contributed by atoms with Crippen molar-refractivity contribution in [3.05, 3.63) is 59.7 Å². The summed E-state index contributed by atoms with van der Waals surface area (Å²) >= 11 is 0. The molecule has 2 aliphatic heterocycles. The topological polar surface area (TPSA) is 78.5 Å². The Labute approximate surface area is 190 Å². The zero-order chi connectivity index (χ0) is 20.9. The standard InChI is InChI=1S/C23H30N6O.ClH/c1-3-17-5-9-19(10-6-17)25-22-26-21(24)27-23(28-13-15-30-16-14-28)29(22)20-11-7-18(4-2)8-12-20;/h5-12,22,25H,3-4,13-16H2,1-2H3,(H2,24,26);1H. The molecule has 1 atom stereocenters. The van der Waals surface area contributed by atoms with Crippen molar-refractivity contribution < 1.29 is 4.74 Å². The Balaban J connectivity index is 0.00000272. The summed E-state index contributed by atoms with van der Waals surface area (Å²) in [4.78, 5) is 13.6. The maximum atomic E-state index is 6.15. The number of hydrogen-bond donors (Lipinski definition) is 2. The molecule has 7 nitrogen and oxygen atoms in total. The summed E-state index contributed by atoms with van der Waals surface area (Å²) in [5.41, 5.74) is 10.8. The lowest BCUT2D eigenvalue weighted by Crippen LogP contribution is -2.57. The highest BCUT2D eigenvalue weighted by atomic mass is 35.5. The van der Waals surface area contributed by atoms with Crippen LogP contribution in [0.4, 0.5) is 11.4 Å². The van der Waals surface area contributed by atoms with E-state index in [1.807, 2.05) is 0 Å². The number of morpholine rings is 1. The molecule has 0 spiro atoms. The van der Waals surface area contributed by atoms with Crippen LogP contribution in [0.3, 0.4) is 0 Å². The molecule has 2 aromatic rings. The fourth-order valence-electron chi connectivity index (χ4n) is 3.70. The summed E-state index contributed by atoms with van der Waals surface area (Å²) < 4.78 is 5.54. The van der Waals surface area contributed by atoms with Crippen LogP contribution in [-0.4, -0.2) is 49.4 Å². The highest BCUT2D eigenvalue weighted by Crippen LogP contribution is 2.25. The van der Waals surface area contributed by atoms with E-state index < -0.39 is 0 Å². The van der Waals surface area contributed by atoms with Crippen LogP contribution in [0.2, 0.25) is 0 Å². The molecule has 8 heteroatoms. The van der Waals surface area contributed by atoms with Gasteiger partial charge in [-0.2, -0.15) is 4.99 Å². The Hall–Kier alpha value is -2.77. The zero-order valence-corrected chi connectivity index (χ0v) is 18.9. The van der Waals surface area contributed by atoms with Crippen molar-refractivity contribution in [2.45, 2.75) is 33.0 Å². The first-order valence-corrected chi connectivity index (χ1v) is 10.7. The Morgan fingerprint density at radius 1 is 0.968 bits per heavy atom. The highest BCUT2D eigenvalue weighted by molar-refractivity contribution is 6.06. The molecule has 2 aliphatic rings. The van der Waals surface area contributed by atoms with Crippen LogP contribution in [-0.2, 0) is 17.6 Å². The number of nitrogens with zero attached hydrogens (tertiary/aromatic N) is 4. The number of anilines is 2. The minimum absolute atomic E-state index is 0. The molecule has 2 heterocycles. The molecule has 0 radical (unpaired) electrons. The van der Waals surface area contributed by atoms with Gasteiger partial charge < -0.3 is 20.7 Å². The van der Waals surface area contributed by atoms with E-state index in [2.05, 4.69) is 87.5 Å². The minimum Gasteiger partial charge on any atom is -0.378 e. The van der Waals surface area contributed by atoms with E-state index in [1.165, 1.54) is 11.1 Å². The van der Waals surface area contributed by atoms with Crippen molar-refractivity contribution in [3.8, 4) is 0 Å². The summed E-state index contributed by atoms with van der Waals surface area (Å²) in [6.07, 6.45) is 1.63. The number of hydrogen-bond acceptors (Lipinski definition) is 7. The van der Waals surface area contributed by atoms with Gasteiger partial charge in [0.2, 0.25) is 18.2 Å². The molecule has 2 aromatic carbocycles. The van der Waals surface area contributed by atoms with E-state index in [-0.39, 0.29) is 24.7 Å². The van der Waals surface area contributed by atoms with Gasteiger partial charge >= 0.3 is 0 Å². The number of guanidine groups is 2. The van der Waals surface area contributed by atoms with Gasteiger partial charge in [0.15, 0.2) is 0 Å². The molecule has 0 saturated carbocycles. The van der Waals surface area contributed by atoms with Crippen LogP contribution >= 0.6 is 12.4 Å². The third kappa shape index (κ3) is 5.29. The number of ether oxygens (including phenoxy) is 1. The molecule has 1 fully saturated rings. The molecular weight excluding hydrogens is 412 g/mol. The van der Waals surface area contributed by atoms with E-state index in [0.717, 1.165) is 43.3 Å². The van der Waals surface area contributed by atoms with Crippen LogP contribution in [0.5, 0.6) is 0 Å². The molecule has 1 unspecified atom stereocenters. The molecular formula is C23H31ClN6O. The summed E-state index contributed by atoms with van der Waals surface area (Å²) in [5.74, 6) is 1.08. The van der Waals surface area contributed by atoms with Crippen molar-refractivity contribution in [1.29, 1.82) is 0 Å². The summed E-state index contributed by atoms with van der Waals surface area (Å²) in [6, 6.07) is 17.0. The molecule has 4 rings (SSSR count). The predicted molar refractivity (Wildman–Crippen MR) is 130 cm³/mol. The summed E-state index contributed by atoms with van der Waals surface area (Å²) in [7, 11) is 0. The maximum Gasteiger partial charge on any atom is 0.222 e.